The summed E-state index contributed by atoms with van der Waals surface area (Å²) in [7, 11) is 0. The molecule has 0 aliphatic rings. The Hall–Kier alpha value is -2.60. The van der Waals surface area contributed by atoms with Crippen molar-refractivity contribution < 1.29 is 0 Å². The lowest BCUT2D eigenvalue weighted by molar-refractivity contribution is 0.642. The maximum Gasteiger partial charge on any atom is 0.0155 e. The van der Waals surface area contributed by atoms with Gasteiger partial charge in [0.15, 0.2) is 0 Å². The van der Waals surface area contributed by atoms with Gasteiger partial charge in [-0.15, -0.1) is 0 Å². The Bertz CT molecular complexity index is 1150. The highest BCUT2D eigenvalue weighted by atomic mass is 14.3. The van der Waals surface area contributed by atoms with Gasteiger partial charge in [-0.25, -0.2) is 0 Å². The SMILES string of the molecule is CCc1cccc2c1cc(C)c1c(C(C)(C)c3ccccc3C)cccc12. The second kappa shape index (κ2) is 6.53. The predicted molar refractivity (Wildman–Crippen MR) is 119 cm³/mol. The van der Waals surface area contributed by atoms with E-state index in [0.717, 1.165) is 6.42 Å². The van der Waals surface area contributed by atoms with Crippen LogP contribution in [-0.2, 0) is 11.8 Å². The first-order valence-corrected chi connectivity index (χ1v) is 9.95. The van der Waals surface area contributed by atoms with E-state index in [2.05, 4.69) is 101 Å². The Balaban J connectivity index is 2.09. The lowest BCUT2D eigenvalue weighted by Crippen LogP contribution is -2.21. The third-order valence-corrected chi connectivity index (χ3v) is 6.18. The van der Waals surface area contributed by atoms with Crippen molar-refractivity contribution in [3.8, 4) is 0 Å². The molecule has 0 spiro atoms. The molecule has 4 aromatic carbocycles. The van der Waals surface area contributed by atoms with Crippen molar-refractivity contribution in [2.45, 2.75) is 46.5 Å². The fourth-order valence-electron chi connectivity index (χ4n) is 4.76. The molecule has 0 fully saturated rings. The normalized spacial score (nSPS) is 12.0. The number of fused-ring (bicyclic) bond motifs is 3. The van der Waals surface area contributed by atoms with Crippen LogP contribution in [0.15, 0.2) is 66.7 Å². The van der Waals surface area contributed by atoms with E-state index in [0.29, 0.717) is 0 Å². The van der Waals surface area contributed by atoms with E-state index in [-0.39, 0.29) is 5.41 Å². The zero-order valence-electron chi connectivity index (χ0n) is 17.1. The van der Waals surface area contributed by atoms with Gasteiger partial charge in [-0.05, 0) is 69.6 Å². The summed E-state index contributed by atoms with van der Waals surface area (Å²) >= 11 is 0. The highest BCUT2D eigenvalue weighted by molar-refractivity contribution is 6.11. The second-order valence-electron chi connectivity index (χ2n) is 8.23. The quantitative estimate of drug-likeness (QED) is 0.335. The molecule has 0 aromatic heterocycles. The van der Waals surface area contributed by atoms with Gasteiger partial charge in [0.2, 0.25) is 0 Å². The largest absolute Gasteiger partial charge is 0.0620 e. The van der Waals surface area contributed by atoms with E-state index < -0.39 is 0 Å². The molecule has 4 aromatic rings. The summed E-state index contributed by atoms with van der Waals surface area (Å²) in [5.74, 6) is 0. The van der Waals surface area contributed by atoms with E-state index in [1.807, 2.05) is 0 Å². The van der Waals surface area contributed by atoms with Crippen LogP contribution >= 0.6 is 0 Å². The number of hydrogen-bond acceptors (Lipinski definition) is 0. The van der Waals surface area contributed by atoms with Gasteiger partial charge in [0.25, 0.3) is 0 Å². The molecule has 0 heteroatoms. The molecule has 0 saturated heterocycles. The van der Waals surface area contributed by atoms with Gasteiger partial charge in [-0.3, -0.25) is 0 Å². The van der Waals surface area contributed by atoms with Crippen LogP contribution in [0.4, 0.5) is 0 Å². The molecule has 0 N–H and O–H groups in total. The summed E-state index contributed by atoms with van der Waals surface area (Å²) in [5, 5.41) is 5.55. The van der Waals surface area contributed by atoms with Crippen LogP contribution in [0.2, 0.25) is 0 Å². The molecule has 4 rings (SSSR count). The van der Waals surface area contributed by atoms with Gasteiger partial charge in [0.05, 0.1) is 0 Å². The summed E-state index contributed by atoms with van der Waals surface area (Å²) in [6.07, 6.45) is 1.07. The molecular formula is C27H28. The average molecular weight is 353 g/mol. The zero-order chi connectivity index (χ0) is 19.2. The van der Waals surface area contributed by atoms with Crippen LogP contribution in [0.1, 0.15) is 48.6 Å². The van der Waals surface area contributed by atoms with Crippen molar-refractivity contribution in [2.75, 3.05) is 0 Å². The number of aryl methyl sites for hydroxylation is 3. The molecule has 0 radical (unpaired) electrons. The van der Waals surface area contributed by atoms with E-state index in [1.165, 1.54) is 49.4 Å². The van der Waals surface area contributed by atoms with Gasteiger partial charge < -0.3 is 0 Å². The van der Waals surface area contributed by atoms with Crippen LogP contribution in [0.3, 0.4) is 0 Å². The van der Waals surface area contributed by atoms with E-state index in [1.54, 1.807) is 0 Å². The second-order valence-corrected chi connectivity index (χ2v) is 8.23. The standard InChI is InChI=1S/C27H28/c1-6-20-12-9-13-21-22-14-10-16-25(26(22)19(3)17-23(20)21)27(4,5)24-15-8-7-11-18(24)2/h7-17H,6H2,1-5H3. The maximum absolute atomic E-state index is 2.40. The Morgan fingerprint density at radius 2 is 1.33 bits per heavy atom. The lowest BCUT2D eigenvalue weighted by Gasteiger charge is -2.30. The fourth-order valence-corrected chi connectivity index (χ4v) is 4.76. The van der Waals surface area contributed by atoms with Gasteiger partial charge in [0.1, 0.15) is 0 Å². The monoisotopic (exact) mass is 352 g/mol. The summed E-state index contributed by atoms with van der Waals surface area (Å²) in [6, 6.07) is 24.8. The van der Waals surface area contributed by atoms with Gasteiger partial charge in [-0.1, -0.05) is 87.5 Å². The van der Waals surface area contributed by atoms with Crippen molar-refractivity contribution in [3.63, 3.8) is 0 Å². The molecule has 0 aliphatic heterocycles. The summed E-state index contributed by atoms with van der Waals surface area (Å²) in [5.41, 5.74) is 6.92. The molecular weight excluding hydrogens is 324 g/mol. The molecule has 0 nitrogen and oxygen atoms in total. The molecule has 0 unspecified atom stereocenters. The highest BCUT2D eigenvalue weighted by Gasteiger charge is 2.27. The van der Waals surface area contributed by atoms with E-state index in [4.69, 9.17) is 0 Å². The lowest BCUT2D eigenvalue weighted by atomic mass is 9.73. The van der Waals surface area contributed by atoms with Gasteiger partial charge in [0, 0.05) is 5.41 Å². The number of hydrogen-bond donors (Lipinski definition) is 0. The molecule has 27 heavy (non-hydrogen) atoms. The number of rotatable bonds is 3. The number of benzene rings is 4. The van der Waals surface area contributed by atoms with Crippen molar-refractivity contribution >= 4 is 21.5 Å². The highest BCUT2D eigenvalue weighted by Crippen LogP contribution is 2.41. The topological polar surface area (TPSA) is 0 Å². The van der Waals surface area contributed by atoms with Crippen LogP contribution < -0.4 is 0 Å². The first kappa shape index (κ1) is 17.8. The summed E-state index contributed by atoms with van der Waals surface area (Å²) < 4.78 is 0. The van der Waals surface area contributed by atoms with Crippen molar-refractivity contribution in [1.82, 2.24) is 0 Å². The van der Waals surface area contributed by atoms with Crippen LogP contribution in [0.25, 0.3) is 21.5 Å². The van der Waals surface area contributed by atoms with Crippen molar-refractivity contribution in [2.24, 2.45) is 0 Å². The molecule has 136 valence electrons. The molecule has 0 bridgehead atoms. The Morgan fingerprint density at radius 3 is 2.07 bits per heavy atom. The van der Waals surface area contributed by atoms with E-state index in [9.17, 15) is 0 Å². The van der Waals surface area contributed by atoms with Gasteiger partial charge >= 0.3 is 0 Å². The van der Waals surface area contributed by atoms with Crippen molar-refractivity contribution in [3.05, 3.63) is 94.5 Å². The Labute approximate surface area is 162 Å². The first-order chi connectivity index (χ1) is 12.9. The average Bonchev–Trinajstić information content (AvgIpc) is 2.67. The van der Waals surface area contributed by atoms with Crippen molar-refractivity contribution in [1.29, 1.82) is 0 Å². The van der Waals surface area contributed by atoms with Crippen LogP contribution in [0.5, 0.6) is 0 Å². The van der Waals surface area contributed by atoms with E-state index >= 15 is 0 Å². The third-order valence-electron chi connectivity index (χ3n) is 6.18. The molecule has 0 atom stereocenters. The molecule has 0 amide bonds. The summed E-state index contributed by atoms with van der Waals surface area (Å²) in [4.78, 5) is 0. The Morgan fingerprint density at radius 1 is 0.667 bits per heavy atom. The van der Waals surface area contributed by atoms with Crippen LogP contribution in [0, 0.1) is 13.8 Å². The minimum atomic E-state index is -0.0499. The Kier molecular flexibility index (Phi) is 4.30. The minimum Gasteiger partial charge on any atom is -0.0620 e. The third kappa shape index (κ3) is 2.75. The minimum absolute atomic E-state index is 0.0499. The smallest absolute Gasteiger partial charge is 0.0155 e. The first-order valence-electron chi connectivity index (χ1n) is 9.95. The zero-order valence-corrected chi connectivity index (χ0v) is 17.1. The van der Waals surface area contributed by atoms with Crippen LogP contribution in [-0.4, -0.2) is 0 Å². The molecule has 0 saturated carbocycles. The molecule has 0 heterocycles. The van der Waals surface area contributed by atoms with Gasteiger partial charge in [-0.2, -0.15) is 0 Å². The predicted octanol–water partition coefficient (Wildman–Crippen LogP) is 7.50. The fraction of sp³-hybridized carbons (Fsp3) is 0.259. The summed E-state index contributed by atoms with van der Waals surface area (Å²) in [6.45, 7) is 11.4. The maximum atomic E-state index is 2.40. The molecule has 0 aliphatic carbocycles.